The predicted octanol–water partition coefficient (Wildman–Crippen LogP) is 7.72. The van der Waals surface area contributed by atoms with Crippen LogP contribution in [0, 0.1) is 5.92 Å². The fourth-order valence-electron chi connectivity index (χ4n) is 5.09. The van der Waals surface area contributed by atoms with Gasteiger partial charge in [-0.2, -0.15) is 0 Å². The van der Waals surface area contributed by atoms with E-state index in [0.717, 1.165) is 22.5 Å². The van der Waals surface area contributed by atoms with Gasteiger partial charge in [-0.05, 0) is 52.6 Å². The van der Waals surface area contributed by atoms with Crippen molar-refractivity contribution < 1.29 is 4.79 Å². The van der Waals surface area contributed by atoms with Crippen molar-refractivity contribution in [3.05, 3.63) is 156 Å². The number of ketones is 1. The monoisotopic (exact) mass is 451 g/mol. The number of anilines is 2. The van der Waals surface area contributed by atoms with E-state index in [1.807, 2.05) is 54.6 Å². The third-order valence-corrected chi connectivity index (χ3v) is 6.79. The maximum absolute atomic E-state index is 13.2. The highest BCUT2D eigenvalue weighted by molar-refractivity contribution is 6.08. The second-order valence-corrected chi connectivity index (χ2v) is 8.92. The minimum atomic E-state index is -0.169. The average Bonchev–Trinajstić information content (AvgIpc) is 2.94. The van der Waals surface area contributed by atoms with E-state index in [1.165, 1.54) is 16.7 Å². The summed E-state index contributed by atoms with van der Waals surface area (Å²) in [7, 11) is 0. The van der Waals surface area contributed by atoms with Crippen LogP contribution in [0.5, 0.6) is 0 Å². The molecule has 1 heterocycles. The zero-order chi connectivity index (χ0) is 23.6. The summed E-state index contributed by atoms with van der Waals surface area (Å²) in [6.07, 6.45) is 10.4. The van der Waals surface area contributed by atoms with Crippen LogP contribution in [0.25, 0.3) is 11.6 Å². The Bertz CT molecular complexity index is 1400. The number of benzene rings is 4. The van der Waals surface area contributed by atoms with Crippen LogP contribution >= 0.6 is 0 Å². The fourth-order valence-corrected chi connectivity index (χ4v) is 5.09. The lowest BCUT2D eigenvalue weighted by Gasteiger charge is -2.41. The molecule has 6 rings (SSSR count). The van der Waals surface area contributed by atoms with Crippen molar-refractivity contribution in [2.24, 2.45) is 5.92 Å². The Balaban J connectivity index is 1.41. The fraction of sp³-hybridized carbons (Fsp3) is 0.0606. The predicted molar refractivity (Wildman–Crippen MR) is 145 cm³/mol. The van der Waals surface area contributed by atoms with Gasteiger partial charge in [-0.15, -0.1) is 0 Å². The van der Waals surface area contributed by atoms with Crippen LogP contribution in [0.2, 0.25) is 0 Å². The van der Waals surface area contributed by atoms with E-state index < -0.39 is 0 Å². The molecule has 1 aliphatic heterocycles. The number of rotatable bonds is 4. The molecule has 2 heteroatoms. The zero-order valence-electron chi connectivity index (χ0n) is 19.3. The Morgan fingerprint density at radius 2 is 1.26 bits per heavy atom. The molecule has 0 fully saturated rings. The molecule has 0 bridgehead atoms. The molecule has 2 nitrogen and oxygen atoms in total. The summed E-state index contributed by atoms with van der Waals surface area (Å²) in [4.78, 5) is 15.4. The number of carbonyl (C=O) groups excluding carboxylic acids is 1. The molecule has 0 saturated heterocycles. The van der Waals surface area contributed by atoms with Crippen LogP contribution in [0.15, 0.2) is 133 Å². The van der Waals surface area contributed by atoms with Crippen LogP contribution in [-0.4, -0.2) is 11.8 Å². The van der Waals surface area contributed by atoms with Crippen molar-refractivity contribution in [2.75, 3.05) is 4.90 Å². The Morgan fingerprint density at radius 3 is 1.94 bits per heavy atom. The number of hydrogen-bond donors (Lipinski definition) is 0. The van der Waals surface area contributed by atoms with Crippen LogP contribution in [-0.2, 0) is 0 Å². The van der Waals surface area contributed by atoms with Crippen molar-refractivity contribution in [3.63, 3.8) is 0 Å². The first-order valence-corrected chi connectivity index (χ1v) is 12.0. The summed E-state index contributed by atoms with van der Waals surface area (Å²) in [5, 5.41) is 0. The molecule has 0 spiro atoms. The van der Waals surface area contributed by atoms with Crippen molar-refractivity contribution >= 4 is 28.8 Å². The third-order valence-electron chi connectivity index (χ3n) is 6.79. The molecular weight excluding hydrogens is 426 g/mol. The van der Waals surface area contributed by atoms with Gasteiger partial charge in [0, 0.05) is 11.3 Å². The molecular formula is C33H25NO. The first-order chi connectivity index (χ1) is 17.3. The van der Waals surface area contributed by atoms with Crippen LogP contribution < -0.4 is 4.90 Å². The second kappa shape index (κ2) is 9.08. The van der Waals surface area contributed by atoms with Gasteiger partial charge in [0.1, 0.15) is 0 Å². The summed E-state index contributed by atoms with van der Waals surface area (Å²) in [5.41, 5.74) is 7.53. The number of fused-ring (bicyclic) bond motifs is 2. The van der Waals surface area contributed by atoms with Crippen molar-refractivity contribution in [1.29, 1.82) is 0 Å². The van der Waals surface area contributed by atoms with E-state index in [9.17, 15) is 4.79 Å². The summed E-state index contributed by atoms with van der Waals surface area (Å²) in [6.45, 7) is 0. The summed E-state index contributed by atoms with van der Waals surface area (Å²) in [6, 6.07) is 37.6. The van der Waals surface area contributed by atoms with Gasteiger partial charge in [-0.25, -0.2) is 0 Å². The average molecular weight is 452 g/mol. The molecule has 0 aromatic heterocycles. The first-order valence-electron chi connectivity index (χ1n) is 12.0. The van der Waals surface area contributed by atoms with Gasteiger partial charge in [0.05, 0.1) is 17.6 Å². The lowest BCUT2D eigenvalue weighted by molar-refractivity contribution is 0.0931. The highest BCUT2D eigenvalue weighted by Gasteiger charge is 2.38. The van der Waals surface area contributed by atoms with Gasteiger partial charge in [0.25, 0.3) is 0 Å². The molecule has 0 N–H and O–H groups in total. The summed E-state index contributed by atoms with van der Waals surface area (Å²) in [5.74, 6) is 0.0228. The molecule has 168 valence electrons. The van der Waals surface area contributed by atoms with Gasteiger partial charge < -0.3 is 4.90 Å². The lowest BCUT2D eigenvalue weighted by Crippen LogP contribution is -2.44. The number of hydrogen-bond acceptors (Lipinski definition) is 2. The zero-order valence-corrected chi connectivity index (χ0v) is 19.3. The maximum Gasteiger partial charge on any atom is 0.174 e. The normalized spacial score (nSPS) is 18.1. The smallest absolute Gasteiger partial charge is 0.174 e. The highest BCUT2D eigenvalue weighted by Crippen LogP contribution is 2.41. The van der Waals surface area contributed by atoms with E-state index in [0.29, 0.717) is 0 Å². The van der Waals surface area contributed by atoms with Crippen molar-refractivity contribution in [1.82, 2.24) is 0 Å². The molecule has 4 aromatic rings. The van der Waals surface area contributed by atoms with Crippen LogP contribution in [0.3, 0.4) is 0 Å². The molecule has 4 aromatic carbocycles. The second-order valence-electron chi connectivity index (χ2n) is 8.92. The molecule has 0 saturated carbocycles. The van der Waals surface area contributed by atoms with Gasteiger partial charge in [0.15, 0.2) is 5.78 Å². The van der Waals surface area contributed by atoms with E-state index >= 15 is 0 Å². The Labute approximate surface area is 206 Å². The topological polar surface area (TPSA) is 20.3 Å². The molecule has 2 aliphatic rings. The number of Topliss-reactive ketones (excluding diaryl/α,β-unsaturated/α-hetero) is 1. The largest absolute Gasteiger partial charge is 0.333 e. The lowest BCUT2D eigenvalue weighted by atomic mass is 9.81. The van der Waals surface area contributed by atoms with E-state index in [1.54, 1.807) is 0 Å². The molecule has 0 amide bonds. The molecule has 35 heavy (non-hydrogen) atoms. The minimum Gasteiger partial charge on any atom is -0.333 e. The Hall–Kier alpha value is -4.43. The Kier molecular flexibility index (Phi) is 5.48. The van der Waals surface area contributed by atoms with E-state index in [-0.39, 0.29) is 17.7 Å². The molecule has 2 unspecified atom stereocenters. The van der Waals surface area contributed by atoms with Gasteiger partial charge >= 0.3 is 0 Å². The first kappa shape index (κ1) is 21.1. The Morgan fingerprint density at radius 1 is 0.657 bits per heavy atom. The van der Waals surface area contributed by atoms with Crippen molar-refractivity contribution in [3.8, 4) is 0 Å². The minimum absolute atomic E-state index is 0.0204. The van der Waals surface area contributed by atoms with E-state index in [2.05, 4.69) is 89.8 Å². The van der Waals surface area contributed by atoms with Crippen LogP contribution in [0.1, 0.15) is 27.0 Å². The van der Waals surface area contributed by atoms with E-state index in [4.69, 9.17) is 0 Å². The SMILES string of the molecule is O=C1c2ccccc2N(c2ccc(C=C(c3ccccc3)c3ccccc3)cc2)C2C=CC=CC12. The highest BCUT2D eigenvalue weighted by atomic mass is 16.1. The number of nitrogens with zero attached hydrogens (tertiary/aromatic N) is 1. The van der Waals surface area contributed by atoms with Crippen LogP contribution in [0.4, 0.5) is 11.4 Å². The van der Waals surface area contributed by atoms with Gasteiger partial charge in [-0.3, -0.25) is 4.79 Å². The standard InChI is InChI=1S/C33H25NO/c35-33-28-15-7-9-17-31(28)34(32-18-10-8-16-29(32)33)27-21-19-24(20-22-27)23-30(25-11-3-1-4-12-25)26-13-5-2-6-14-26/h1-23,28,31H. The third kappa shape index (κ3) is 3.94. The number of para-hydroxylation sites is 1. The maximum atomic E-state index is 13.2. The summed E-state index contributed by atoms with van der Waals surface area (Å²) < 4.78 is 0. The number of carbonyl (C=O) groups is 1. The molecule has 1 aliphatic carbocycles. The molecule has 0 radical (unpaired) electrons. The van der Waals surface area contributed by atoms with Gasteiger partial charge in [0.2, 0.25) is 0 Å². The number of allylic oxidation sites excluding steroid dienone is 2. The quantitative estimate of drug-likeness (QED) is 0.296. The van der Waals surface area contributed by atoms with Crippen molar-refractivity contribution in [2.45, 2.75) is 6.04 Å². The molecule has 2 atom stereocenters. The van der Waals surface area contributed by atoms with Gasteiger partial charge in [-0.1, -0.05) is 109 Å². The summed E-state index contributed by atoms with van der Waals surface area (Å²) >= 11 is 0.